The monoisotopic (exact) mass is 409 g/mol. The van der Waals surface area contributed by atoms with Crippen molar-refractivity contribution in [1.82, 2.24) is 24.9 Å². The third-order valence-corrected chi connectivity index (χ3v) is 5.68. The van der Waals surface area contributed by atoms with Gasteiger partial charge in [0.1, 0.15) is 5.82 Å². The van der Waals surface area contributed by atoms with Crippen LogP contribution in [0.1, 0.15) is 30.4 Å². The number of aromatic nitrogens is 5. The fraction of sp³-hybridized carbons (Fsp3) is 0.200. The Bertz CT molecular complexity index is 1090. The number of thioether (sulfide) groups is 1. The first-order valence-electron chi connectivity index (χ1n) is 9.00. The lowest BCUT2D eigenvalue weighted by Crippen LogP contribution is -2.01. The molecular formula is C20H16ClN5OS. The molecule has 0 radical (unpaired) electrons. The number of hydrogen-bond donors (Lipinski definition) is 0. The Kier molecular flexibility index (Phi) is 4.62. The van der Waals surface area contributed by atoms with E-state index in [-0.39, 0.29) is 0 Å². The van der Waals surface area contributed by atoms with Crippen molar-refractivity contribution in [2.45, 2.75) is 29.7 Å². The zero-order chi connectivity index (χ0) is 18.9. The zero-order valence-electron chi connectivity index (χ0n) is 14.8. The predicted molar refractivity (Wildman–Crippen MR) is 108 cm³/mol. The summed E-state index contributed by atoms with van der Waals surface area (Å²) in [4.78, 5) is 4.48. The molecule has 2 heterocycles. The summed E-state index contributed by atoms with van der Waals surface area (Å²) in [6, 6.07) is 17.5. The van der Waals surface area contributed by atoms with Crippen LogP contribution in [0.5, 0.6) is 0 Å². The van der Waals surface area contributed by atoms with Gasteiger partial charge in [-0.15, -0.1) is 10.2 Å². The highest BCUT2D eigenvalue weighted by Gasteiger charge is 2.31. The lowest BCUT2D eigenvalue weighted by Gasteiger charge is -2.08. The Morgan fingerprint density at radius 1 is 1.04 bits per heavy atom. The minimum Gasteiger partial charge on any atom is -0.334 e. The predicted octanol–water partition coefficient (Wildman–Crippen LogP) is 5.14. The molecule has 1 aliphatic rings. The molecule has 1 saturated carbocycles. The molecule has 0 amide bonds. The Morgan fingerprint density at radius 2 is 1.82 bits per heavy atom. The molecule has 140 valence electrons. The van der Waals surface area contributed by atoms with Gasteiger partial charge in [-0.25, -0.2) is 0 Å². The highest BCUT2D eigenvalue weighted by Crippen LogP contribution is 2.41. The summed E-state index contributed by atoms with van der Waals surface area (Å²) >= 11 is 7.49. The van der Waals surface area contributed by atoms with Crippen molar-refractivity contribution in [2.75, 3.05) is 0 Å². The minimum atomic E-state index is 0.482. The van der Waals surface area contributed by atoms with Gasteiger partial charge in [0, 0.05) is 22.2 Å². The van der Waals surface area contributed by atoms with Crippen LogP contribution in [0.4, 0.5) is 0 Å². The summed E-state index contributed by atoms with van der Waals surface area (Å²) in [7, 11) is 0. The molecule has 0 aliphatic heterocycles. The summed E-state index contributed by atoms with van der Waals surface area (Å²) in [5, 5.41) is 14.5. The maximum atomic E-state index is 5.93. The van der Waals surface area contributed by atoms with E-state index < -0.39 is 0 Å². The van der Waals surface area contributed by atoms with Crippen LogP contribution in [0.3, 0.4) is 0 Å². The van der Waals surface area contributed by atoms with Crippen molar-refractivity contribution in [3.8, 4) is 17.1 Å². The molecule has 0 N–H and O–H groups in total. The molecule has 0 atom stereocenters. The van der Waals surface area contributed by atoms with Gasteiger partial charge in [-0.1, -0.05) is 46.7 Å². The number of para-hydroxylation sites is 1. The van der Waals surface area contributed by atoms with E-state index in [9.17, 15) is 0 Å². The topological polar surface area (TPSA) is 69.6 Å². The Balaban J connectivity index is 1.37. The van der Waals surface area contributed by atoms with Gasteiger partial charge in [-0.05, 0) is 49.2 Å². The van der Waals surface area contributed by atoms with Crippen LogP contribution >= 0.6 is 23.4 Å². The van der Waals surface area contributed by atoms with Gasteiger partial charge in [0.2, 0.25) is 0 Å². The van der Waals surface area contributed by atoms with Gasteiger partial charge in [-0.3, -0.25) is 4.57 Å². The highest BCUT2D eigenvalue weighted by molar-refractivity contribution is 7.98. The van der Waals surface area contributed by atoms with Gasteiger partial charge in [0.25, 0.3) is 5.89 Å². The lowest BCUT2D eigenvalue weighted by molar-refractivity contribution is 0.425. The summed E-state index contributed by atoms with van der Waals surface area (Å²) in [6.07, 6.45) is 2.34. The summed E-state index contributed by atoms with van der Waals surface area (Å²) in [5.74, 6) is 3.18. The standard InChI is InChI=1S/C20H16ClN5OS/c21-15-10-8-14(9-11-15)19-22-17(25-27-19)12-28-20-24-23-18(13-6-7-13)26(20)16-4-2-1-3-5-16/h1-5,8-11,13H,6-7,12H2. The molecule has 0 bridgehead atoms. The maximum Gasteiger partial charge on any atom is 0.257 e. The van der Waals surface area contributed by atoms with E-state index in [2.05, 4.69) is 37.0 Å². The molecule has 6 nitrogen and oxygen atoms in total. The Hall–Kier alpha value is -2.64. The second-order valence-electron chi connectivity index (χ2n) is 6.60. The normalized spacial score (nSPS) is 13.8. The Labute approximate surface area is 170 Å². The molecule has 2 aromatic carbocycles. The van der Waals surface area contributed by atoms with Crippen LogP contribution in [-0.2, 0) is 5.75 Å². The van der Waals surface area contributed by atoms with Crippen LogP contribution in [-0.4, -0.2) is 24.9 Å². The average molecular weight is 410 g/mol. The number of nitrogens with zero attached hydrogens (tertiary/aromatic N) is 5. The summed E-state index contributed by atoms with van der Waals surface area (Å²) in [5.41, 5.74) is 1.92. The van der Waals surface area contributed by atoms with Gasteiger partial charge < -0.3 is 4.52 Å². The largest absolute Gasteiger partial charge is 0.334 e. The van der Waals surface area contributed by atoms with E-state index in [0.29, 0.717) is 28.4 Å². The molecule has 1 aliphatic carbocycles. The van der Waals surface area contributed by atoms with E-state index in [4.69, 9.17) is 16.1 Å². The van der Waals surface area contributed by atoms with Crippen molar-refractivity contribution < 1.29 is 4.52 Å². The number of halogens is 1. The van der Waals surface area contributed by atoms with Gasteiger partial charge in [0.05, 0.1) is 5.75 Å². The number of hydrogen-bond acceptors (Lipinski definition) is 6. The van der Waals surface area contributed by atoms with E-state index in [1.165, 1.54) is 12.8 Å². The summed E-state index contributed by atoms with van der Waals surface area (Å²) < 4.78 is 7.53. The van der Waals surface area contributed by atoms with Gasteiger partial charge >= 0.3 is 0 Å². The quantitative estimate of drug-likeness (QED) is 0.410. The average Bonchev–Trinajstić information content (AvgIpc) is 3.31. The van der Waals surface area contributed by atoms with E-state index in [1.807, 2.05) is 30.3 Å². The molecule has 0 saturated heterocycles. The second-order valence-corrected chi connectivity index (χ2v) is 7.98. The molecule has 2 aromatic heterocycles. The second kappa shape index (κ2) is 7.41. The van der Waals surface area contributed by atoms with Crippen molar-refractivity contribution in [1.29, 1.82) is 0 Å². The Morgan fingerprint density at radius 3 is 2.57 bits per heavy atom. The van der Waals surface area contributed by atoms with Crippen molar-refractivity contribution >= 4 is 23.4 Å². The molecule has 4 aromatic rings. The van der Waals surface area contributed by atoms with Crippen LogP contribution in [0, 0.1) is 0 Å². The number of benzene rings is 2. The fourth-order valence-electron chi connectivity index (χ4n) is 2.95. The van der Waals surface area contributed by atoms with Crippen LogP contribution in [0.2, 0.25) is 5.02 Å². The van der Waals surface area contributed by atoms with E-state index in [1.54, 1.807) is 23.9 Å². The summed E-state index contributed by atoms with van der Waals surface area (Å²) in [6.45, 7) is 0. The van der Waals surface area contributed by atoms with Crippen LogP contribution in [0.25, 0.3) is 17.1 Å². The first-order valence-corrected chi connectivity index (χ1v) is 10.4. The maximum absolute atomic E-state index is 5.93. The SMILES string of the molecule is Clc1ccc(-c2nc(CSc3nnc(C4CC4)n3-c3ccccc3)no2)cc1. The smallest absolute Gasteiger partial charge is 0.257 e. The first kappa shape index (κ1) is 17.5. The fourth-order valence-corrected chi connectivity index (χ4v) is 3.88. The van der Waals surface area contributed by atoms with Crippen molar-refractivity contribution in [3.63, 3.8) is 0 Å². The molecule has 0 spiro atoms. The minimum absolute atomic E-state index is 0.482. The third kappa shape index (κ3) is 3.55. The molecule has 28 heavy (non-hydrogen) atoms. The molecule has 5 rings (SSSR count). The van der Waals surface area contributed by atoms with Crippen molar-refractivity contribution in [2.24, 2.45) is 0 Å². The molecular weight excluding hydrogens is 394 g/mol. The zero-order valence-corrected chi connectivity index (χ0v) is 16.4. The van der Waals surface area contributed by atoms with Crippen LogP contribution in [0.15, 0.2) is 64.3 Å². The lowest BCUT2D eigenvalue weighted by atomic mass is 10.2. The van der Waals surface area contributed by atoms with E-state index >= 15 is 0 Å². The first-order chi connectivity index (χ1) is 13.8. The molecule has 1 fully saturated rings. The highest BCUT2D eigenvalue weighted by atomic mass is 35.5. The van der Waals surface area contributed by atoms with Gasteiger partial charge in [-0.2, -0.15) is 4.98 Å². The van der Waals surface area contributed by atoms with E-state index in [0.717, 1.165) is 22.2 Å². The number of rotatable bonds is 6. The molecule has 8 heteroatoms. The molecule has 0 unspecified atom stereocenters. The van der Waals surface area contributed by atoms with Crippen molar-refractivity contribution in [3.05, 3.63) is 71.3 Å². The third-order valence-electron chi connectivity index (χ3n) is 4.50. The van der Waals surface area contributed by atoms with Gasteiger partial charge in [0.15, 0.2) is 11.0 Å². The van der Waals surface area contributed by atoms with Crippen LogP contribution < -0.4 is 0 Å².